The van der Waals surface area contributed by atoms with Crippen LogP contribution in [0.25, 0.3) is 0 Å². The molecule has 3 heterocycles. The third-order valence-corrected chi connectivity index (χ3v) is 4.79. The van der Waals surface area contributed by atoms with Crippen LogP contribution in [0.1, 0.15) is 49.0 Å². The van der Waals surface area contributed by atoms with Gasteiger partial charge in [0.2, 0.25) is 0 Å². The van der Waals surface area contributed by atoms with Crippen LogP contribution in [0.15, 0.2) is 10.7 Å². The van der Waals surface area contributed by atoms with Gasteiger partial charge in [-0.15, -0.1) is 0 Å². The summed E-state index contributed by atoms with van der Waals surface area (Å²) in [6.07, 6.45) is 5.37. The van der Waals surface area contributed by atoms with E-state index in [2.05, 4.69) is 17.2 Å². The number of rotatable bonds is 3. The smallest absolute Gasteiger partial charge is 0.275 e. The Hall–Kier alpha value is -1.40. The van der Waals surface area contributed by atoms with E-state index in [-0.39, 0.29) is 11.5 Å². The summed E-state index contributed by atoms with van der Waals surface area (Å²) in [6, 6.07) is 0.541. The quantitative estimate of drug-likeness (QED) is 0.921. The van der Waals surface area contributed by atoms with Crippen molar-refractivity contribution in [2.45, 2.75) is 51.2 Å². The van der Waals surface area contributed by atoms with Gasteiger partial charge in [-0.1, -0.05) is 6.92 Å². The van der Waals surface area contributed by atoms with Gasteiger partial charge in [-0.05, 0) is 32.2 Å². The summed E-state index contributed by atoms with van der Waals surface area (Å²) in [5.41, 5.74) is 0.352. The predicted molar refractivity (Wildman–Crippen MR) is 81.8 cm³/mol. The van der Waals surface area contributed by atoms with Gasteiger partial charge < -0.3 is 19.4 Å². The van der Waals surface area contributed by atoms with Gasteiger partial charge in [0.05, 0.1) is 5.60 Å². The second-order valence-corrected chi connectivity index (χ2v) is 6.32. The Balaban J connectivity index is 1.59. The lowest BCUT2D eigenvalue weighted by molar-refractivity contribution is -0.115. The molecule has 1 N–H and O–H groups in total. The molecule has 22 heavy (non-hydrogen) atoms. The topological polar surface area (TPSA) is 67.6 Å². The number of piperidine rings is 1. The van der Waals surface area contributed by atoms with Crippen molar-refractivity contribution in [3.8, 4) is 0 Å². The van der Waals surface area contributed by atoms with E-state index in [0.29, 0.717) is 17.6 Å². The van der Waals surface area contributed by atoms with E-state index in [1.807, 2.05) is 4.90 Å². The molecule has 6 heteroatoms. The fourth-order valence-corrected chi connectivity index (χ4v) is 3.58. The van der Waals surface area contributed by atoms with Crippen molar-refractivity contribution >= 4 is 5.91 Å². The second kappa shape index (κ2) is 6.38. The van der Waals surface area contributed by atoms with Gasteiger partial charge in [-0.2, -0.15) is 0 Å². The summed E-state index contributed by atoms with van der Waals surface area (Å²) in [5.74, 6) is 0.492. The zero-order chi connectivity index (χ0) is 15.6. The molecule has 0 aromatic carbocycles. The standard InChI is InChI=1S/C16H25N3O3/c1-3-17-13-4-9-22-16(10-13)5-7-19(8-6-16)15(20)14-11-21-12(2)18-14/h11,13,17H,3-10H2,1-2H3/t13-/m0/s1. The minimum atomic E-state index is -0.0540. The van der Waals surface area contributed by atoms with Crippen LogP contribution >= 0.6 is 0 Å². The summed E-state index contributed by atoms with van der Waals surface area (Å²) in [7, 11) is 0. The first-order chi connectivity index (χ1) is 10.6. The molecule has 3 rings (SSSR count). The average molecular weight is 307 g/mol. The Labute approximate surface area is 131 Å². The van der Waals surface area contributed by atoms with Crippen LogP contribution in [-0.4, -0.2) is 53.7 Å². The Morgan fingerprint density at radius 3 is 2.91 bits per heavy atom. The highest BCUT2D eigenvalue weighted by Gasteiger charge is 2.41. The predicted octanol–water partition coefficient (Wildman–Crippen LogP) is 1.75. The van der Waals surface area contributed by atoms with E-state index in [4.69, 9.17) is 9.15 Å². The first kappa shape index (κ1) is 15.5. The maximum Gasteiger partial charge on any atom is 0.275 e. The number of aryl methyl sites for hydroxylation is 1. The number of amides is 1. The average Bonchev–Trinajstić information content (AvgIpc) is 2.95. The van der Waals surface area contributed by atoms with Crippen LogP contribution in [0.5, 0.6) is 0 Å². The molecule has 1 aromatic heterocycles. The number of carbonyl (C=O) groups is 1. The summed E-state index contributed by atoms with van der Waals surface area (Å²) in [5, 5.41) is 3.54. The van der Waals surface area contributed by atoms with Gasteiger partial charge in [0.15, 0.2) is 11.6 Å². The molecule has 2 fully saturated rings. The molecule has 0 unspecified atom stereocenters. The molecule has 2 saturated heterocycles. The van der Waals surface area contributed by atoms with E-state index in [9.17, 15) is 4.79 Å². The number of nitrogens with zero attached hydrogens (tertiary/aromatic N) is 2. The summed E-state index contributed by atoms with van der Waals surface area (Å²) < 4.78 is 11.2. The molecule has 0 bridgehead atoms. The molecular formula is C16H25N3O3. The number of carbonyl (C=O) groups excluding carboxylic acids is 1. The van der Waals surface area contributed by atoms with Crippen LogP contribution in [0.4, 0.5) is 0 Å². The van der Waals surface area contributed by atoms with Crippen molar-refractivity contribution in [1.29, 1.82) is 0 Å². The molecule has 2 aliphatic rings. The van der Waals surface area contributed by atoms with E-state index in [0.717, 1.165) is 51.9 Å². The largest absolute Gasteiger partial charge is 0.448 e. The normalized spacial score (nSPS) is 24.6. The van der Waals surface area contributed by atoms with Crippen LogP contribution in [0, 0.1) is 6.92 Å². The zero-order valence-corrected chi connectivity index (χ0v) is 13.4. The zero-order valence-electron chi connectivity index (χ0n) is 13.4. The van der Waals surface area contributed by atoms with Gasteiger partial charge in [-0.3, -0.25) is 4.79 Å². The monoisotopic (exact) mass is 307 g/mol. The first-order valence-electron chi connectivity index (χ1n) is 8.21. The van der Waals surface area contributed by atoms with Gasteiger partial charge in [0.25, 0.3) is 5.91 Å². The molecule has 1 aromatic rings. The van der Waals surface area contributed by atoms with Crippen LogP contribution in [0.2, 0.25) is 0 Å². The Bertz CT molecular complexity index is 518. The van der Waals surface area contributed by atoms with Gasteiger partial charge in [0.1, 0.15) is 6.26 Å². The Morgan fingerprint density at radius 2 is 2.27 bits per heavy atom. The van der Waals surface area contributed by atoms with Gasteiger partial charge in [0, 0.05) is 32.7 Å². The third-order valence-electron chi connectivity index (χ3n) is 4.79. The lowest BCUT2D eigenvalue weighted by Crippen LogP contribution is -2.53. The lowest BCUT2D eigenvalue weighted by atomic mass is 9.82. The van der Waals surface area contributed by atoms with Gasteiger partial charge >= 0.3 is 0 Å². The SMILES string of the molecule is CCN[C@H]1CCOC2(CCN(C(=O)c3coc(C)n3)CC2)C1. The van der Waals surface area contributed by atoms with Gasteiger partial charge in [-0.25, -0.2) is 4.98 Å². The number of nitrogens with one attached hydrogen (secondary N) is 1. The first-order valence-corrected chi connectivity index (χ1v) is 8.21. The van der Waals surface area contributed by atoms with E-state index in [1.54, 1.807) is 6.92 Å². The molecule has 122 valence electrons. The number of ether oxygens (including phenoxy) is 1. The van der Waals surface area contributed by atoms with Crippen molar-refractivity contribution in [3.05, 3.63) is 17.8 Å². The third kappa shape index (κ3) is 3.17. The maximum atomic E-state index is 12.4. The van der Waals surface area contributed by atoms with Crippen LogP contribution in [0.3, 0.4) is 0 Å². The molecule has 1 amide bonds. The van der Waals surface area contributed by atoms with Crippen molar-refractivity contribution < 1.29 is 13.9 Å². The van der Waals surface area contributed by atoms with Crippen molar-refractivity contribution in [2.75, 3.05) is 26.2 Å². The highest BCUT2D eigenvalue weighted by Crippen LogP contribution is 2.35. The maximum absolute atomic E-state index is 12.4. The van der Waals surface area contributed by atoms with Crippen molar-refractivity contribution in [2.24, 2.45) is 0 Å². The van der Waals surface area contributed by atoms with Crippen molar-refractivity contribution in [1.82, 2.24) is 15.2 Å². The van der Waals surface area contributed by atoms with Crippen LogP contribution < -0.4 is 5.32 Å². The fraction of sp³-hybridized carbons (Fsp3) is 0.750. The van der Waals surface area contributed by atoms with E-state index < -0.39 is 0 Å². The highest BCUT2D eigenvalue weighted by molar-refractivity contribution is 5.92. The number of hydrogen-bond donors (Lipinski definition) is 1. The minimum absolute atomic E-state index is 0.0363. The van der Waals surface area contributed by atoms with Crippen LogP contribution in [-0.2, 0) is 4.74 Å². The summed E-state index contributed by atoms with van der Waals surface area (Å²) >= 11 is 0. The highest BCUT2D eigenvalue weighted by atomic mass is 16.5. The molecule has 2 aliphatic heterocycles. The minimum Gasteiger partial charge on any atom is -0.448 e. The van der Waals surface area contributed by atoms with Crippen molar-refractivity contribution in [3.63, 3.8) is 0 Å². The molecule has 0 saturated carbocycles. The number of likely N-dealkylation sites (tertiary alicyclic amines) is 1. The number of hydrogen-bond acceptors (Lipinski definition) is 5. The Morgan fingerprint density at radius 1 is 1.50 bits per heavy atom. The fourth-order valence-electron chi connectivity index (χ4n) is 3.58. The lowest BCUT2D eigenvalue weighted by Gasteiger charge is -2.46. The number of aromatic nitrogens is 1. The Kier molecular flexibility index (Phi) is 4.49. The van der Waals surface area contributed by atoms with E-state index >= 15 is 0 Å². The van der Waals surface area contributed by atoms with E-state index in [1.165, 1.54) is 6.26 Å². The molecule has 0 radical (unpaired) electrons. The number of oxazole rings is 1. The summed E-state index contributed by atoms with van der Waals surface area (Å²) in [4.78, 5) is 18.4. The molecule has 0 aliphatic carbocycles. The molecule has 6 nitrogen and oxygen atoms in total. The molecular weight excluding hydrogens is 282 g/mol. The summed E-state index contributed by atoms with van der Waals surface area (Å²) in [6.45, 7) is 7.15. The molecule has 1 spiro atoms. The second-order valence-electron chi connectivity index (χ2n) is 6.32. The molecule has 1 atom stereocenters.